The van der Waals surface area contributed by atoms with E-state index in [4.69, 9.17) is 5.10 Å². The number of hydrogen-bond donors (Lipinski definition) is 1. The Labute approximate surface area is 170 Å². The van der Waals surface area contributed by atoms with Crippen molar-refractivity contribution in [3.63, 3.8) is 0 Å². The van der Waals surface area contributed by atoms with Gasteiger partial charge in [0.05, 0.1) is 11.4 Å². The summed E-state index contributed by atoms with van der Waals surface area (Å²) >= 11 is 0. The number of allylic oxidation sites excluding steroid dienone is 3. The van der Waals surface area contributed by atoms with Crippen molar-refractivity contribution in [2.24, 2.45) is 12.1 Å². The van der Waals surface area contributed by atoms with E-state index in [2.05, 4.69) is 83.9 Å². The van der Waals surface area contributed by atoms with E-state index in [0.29, 0.717) is 0 Å². The third-order valence-electron chi connectivity index (χ3n) is 5.25. The first-order chi connectivity index (χ1) is 14.3. The van der Waals surface area contributed by atoms with Crippen LogP contribution in [0.15, 0.2) is 108 Å². The van der Waals surface area contributed by atoms with Gasteiger partial charge in [-0.1, -0.05) is 78.9 Å². The molecule has 5 rings (SSSR count). The summed E-state index contributed by atoms with van der Waals surface area (Å²) in [6, 6.07) is 29.1. The maximum Gasteiger partial charge on any atom is 0.0911 e. The highest BCUT2D eigenvalue weighted by atomic mass is 15.3. The lowest BCUT2D eigenvalue weighted by molar-refractivity contribution is 0.967. The Hall–Kier alpha value is -3.85. The molecule has 0 unspecified atom stereocenters. The Kier molecular flexibility index (Phi) is 4.34. The second kappa shape index (κ2) is 7.28. The van der Waals surface area contributed by atoms with Crippen LogP contribution in [0.1, 0.15) is 16.7 Å². The van der Waals surface area contributed by atoms with Crippen molar-refractivity contribution in [1.29, 1.82) is 0 Å². The van der Waals surface area contributed by atoms with Crippen molar-refractivity contribution in [3.05, 3.63) is 120 Å². The van der Waals surface area contributed by atoms with Crippen molar-refractivity contribution in [1.82, 2.24) is 9.99 Å². The smallest absolute Gasteiger partial charge is 0.0911 e. The van der Waals surface area contributed by atoms with E-state index >= 15 is 0 Å². The Morgan fingerprint density at radius 1 is 0.724 bits per heavy atom. The molecule has 1 N–H and O–H groups in total. The fraction of sp³-hybridized carbons (Fsp3) is 0.0385. The van der Waals surface area contributed by atoms with Gasteiger partial charge in [0.2, 0.25) is 0 Å². The Balaban J connectivity index is 1.71. The van der Waals surface area contributed by atoms with Crippen molar-refractivity contribution in [2.75, 3.05) is 0 Å². The molecule has 0 bridgehead atoms. The summed E-state index contributed by atoms with van der Waals surface area (Å²) in [7, 11) is 2.09. The normalized spacial score (nSPS) is 13.9. The zero-order chi connectivity index (χ0) is 19.6. The van der Waals surface area contributed by atoms with Crippen molar-refractivity contribution >= 4 is 27.9 Å². The van der Waals surface area contributed by atoms with E-state index in [1.54, 1.807) is 0 Å². The number of aryl methyl sites for hydroxylation is 1. The Morgan fingerprint density at radius 3 is 2.14 bits per heavy atom. The summed E-state index contributed by atoms with van der Waals surface area (Å²) in [4.78, 5) is 0. The van der Waals surface area contributed by atoms with Crippen LogP contribution in [-0.2, 0) is 7.05 Å². The molecule has 0 fully saturated rings. The number of fused-ring (bicyclic) bond motifs is 1. The summed E-state index contributed by atoms with van der Waals surface area (Å²) < 4.78 is 2.18. The molecule has 0 aliphatic carbocycles. The predicted octanol–water partition coefficient (Wildman–Crippen LogP) is 5.61. The second-order valence-corrected chi connectivity index (χ2v) is 7.17. The molecule has 3 heteroatoms. The molecule has 0 spiro atoms. The number of nitrogens with zero attached hydrogens (tertiary/aromatic N) is 2. The molecule has 0 amide bonds. The number of nitrogens with one attached hydrogen (secondary N) is 1. The predicted molar refractivity (Wildman–Crippen MR) is 121 cm³/mol. The average molecular weight is 375 g/mol. The van der Waals surface area contributed by atoms with Crippen LogP contribution in [0.2, 0.25) is 0 Å². The van der Waals surface area contributed by atoms with E-state index in [0.717, 1.165) is 28.1 Å². The Morgan fingerprint density at radius 2 is 1.38 bits per heavy atom. The maximum atomic E-state index is 4.73. The summed E-state index contributed by atoms with van der Waals surface area (Å²) in [6.45, 7) is 0. The molecule has 140 valence electrons. The highest BCUT2D eigenvalue weighted by Crippen LogP contribution is 2.31. The van der Waals surface area contributed by atoms with E-state index in [1.807, 2.05) is 36.4 Å². The van der Waals surface area contributed by atoms with Crippen LogP contribution in [0.4, 0.5) is 0 Å². The summed E-state index contributed by atoms with van der Waals surface area (Å²) in [5.74, 6) is 0. The number of hydrazone groups is 1. The number of hydrogen-bond acceptors (Lipinski definition) is 2. The minimum atomic E-state index is 0.913. The lowest BCUT2D eigenvalue weighted by atomic mass is 9.99. The van der Waals surface area contributed by atoms with E-state index in [9.17, 15) is 0 Å². The van der Waals surface area contributed by atoms with Crippen molar-refractivity contribution < 1.29 is 0 Å². The molecule has 0 saturated heterocycles. The molecule has 1 aliphatic rings. The maximum absolute atomic E-state index is 4.73. The molecule has 1 aliphatic heterocycles. The zero-order valence-corrected chi connectivity index (χ0v) is 16.2. The highest BCUT2D eigenvalue weighted by molar-refractivity contribution is 6.15. The van der Waals surface area contributed by atoms with Gasteiger partial charge < -0.3 is 4.57 Å². The van der Waals surface area contributed by atoms with Crippen LogP contribution in [0.25, 0.3) is 22.2 Å². The first-order valence-electron chi connectivity index (χ1n) is 9.72. The molecule has 0 saturated carbocycles. The molecule has 4 aromatic rings. The van der Waals surface area contributed by atoms with E-state index in [1.165, 1.54) is 16.5 Å². The van der Waals surface area contributed by atoms with Crippen LogP contribution < -0.4 is 5.43 Å². The molecular formula is C26H21N3. The quantitative estimate of drug-likeness (QED) is 0.495. The van der Waals surface area contributed by atoms with Crippen LogP contribution in [0.5, 0.6) is 0 Å². The lowest BCUT2D eigenvalue weighted by Gasteiger charge is -2.07. The van der Waals surface area contributed by atoms with Gasteiger partial charge in [0.15, 0.2) is 0 Å². The number of para-hydroxylation sites is 1. The van der Waals surface area contributed by atoms with Gasteiger partial charge in [-0.3, -0.25) is 5.43 Å². The second-order valence-electron chi connectivity index (χ2n) is 7.17. The number of benzene rings is 3. The first-order valence-corrected chi connectivity index (χ1v) is 9.72. The molecule has 3 aromatic carbocycles. The van der Waals surface area contributed by atoms with Crippen LogP contribution >= 0.6 is 0 Å². The first kappa shape index (κ1) is 17.3. The van der Waals surface area contributed by atoms with E-state index < -0.39 is 0 Å². The van der Waals surface area contributed by atoms with Gasteiger partial charge in [0.25, 0.3) is 0 Å². The molecule has 29 heavy (non-hydrogen) atoms. The van der Waals surface area contributed by atoms with Gasteiger partial charge >= 0.3 is 0 Å². The van der Waals surface area contributed by atoms with Gasteiger partial charge in [0, 0.05) is 35.3 Å². The largest absolute Gasteiger partial charge is 0.350 e. The summed E-state index contributed by atoms with van der Waals surface area (Å²) in [5, 5.41) is 5.96. The molecule has 1 aromatic heterocycles. The standard InChI is InChI=1S/C26H21N3/c1-29-18-23(22-14-8-9-15-26(22)29)21-16-24(19-10-4-2-5-11-19)27-28-25(17-21)20-12-6-3-7-13-20/h2-18,27H,1H3. The minimum absolute atomic E-state index is 0.913. The van der Waals surface area contributed by atoms with Crippen molar-refractivity contribution in [2.45, 2.75) is 0 Å². The SMILES string of the molecule is Cn1cc(C2=CC(c3ccccc3)=NNC(c3ccccc3)=C2)c2ccccc21. The molecule has 0 atom stereocenters. The third-order valence-corrected chi connectivity index (χ3v) is 5.25. The van der Waals surface area contributed by atoms with Gasteiger partial charge in [-0.15, -0.1) is 0 Å². The van der Waals surface area contributed by atoms with Crippen LogP contribution in [0.3, 0.4) is 0 Å². The van der Waals surface area contributed by atoms with Gasteiger partial charge in [0.1, 0.15) is 0 Å². The summed E-state index contributed by atoms with van der Waals surface area (Å²) in [6.07, 6.45) is 6.56. The lowest BCUT2D eigenvalue weighted by Crippen LogP contribution is -2.07. The number of aromatic nitrogens is 1. The van der Waals surface area contributed by atoms with Crippen LogP contribution in [0, 0.1) is 0 Å². The fourth-order valence-corrected chi connectivity index (χ4v) is 3.78. The van der Waals surface area contributed by atoms with Crippen LogP contribution in [-0.4, -0.2) is 10.3 Å². The van der Waals surface area contributed by atoms with E-state index in [-0.39, 0.29) is 0 Å². The minimum Gasteiger partial charge on any atom is -0.350 e. The average Bonchev–Trinajstić information content (AvgIpc) is 2.97. The Bertz CT molecular complexity index is 1260. The molecule has 2 heterocycles. The molecular weight excluding hydrogens is 354 g/mol. The van der Waals surface area contributed by atoms with Crippen molar-refractivity contribution in [3.8, 4) is 0 Å². The number of rotatable bonds is 3. The third kappa shape index (κ3) is 3.27. The molecule has 3 nitrogen and oxygen atoms in total. The zero-order valence-electron chi connectivity index (χ0n) is 16.2. The van der Waals surface area contributed by atoms with Gasteiger partial charge in [-0.25, -0.2) is 0 Å². The fourth-order valence-electron chi connectivity index (χ4n) is 3.78. The van der Waals surface area contributed by atoms with Gasteiger partial charge in [-0.2, -0.15) is 5.10 Å². The monoisotopic (exact) mass is 375 g/mol. The molecule has 0 radical (unpaired) electrons. The van der Waals surface area contributed by atoms with Gasteiger partial charge in [-0.05, 0) is 29.4 Å². The highest BCUT2D eigenvalue weighted by Gasteiger charge is 2.15. The topological polar surface area (TPSA) is 29.3 Å². The summed E-state index contributed by atoms with van der Waals surface area (Å²) in [5.41, 5.74) is 10.9.